The number of rotatable bonds is 6. The number of aromatic nitrogens is 5. The summed E-state index contributed by atoms with van der Waals surface area (Å²) in [5.41, 5.74) is 2.79. The van der Waals surface area contributed by atoms with E-state index in [2.05, 4.69) is 25.3 Å². The molecule has 0 saturated heterocycles. The zero-order chi connectivity index (χ0) is 19.5. The van der Waals surface area contributed by atoms with Gasteiger partial charge < -0.3 is 9.26 Å². The van der Waals surface area contributed by atoms with Crippen LogP contribution in [0.1, 0.15) is 11.5 Å². The summed E-state index contributed by atoms with van der Waals surface area (Å²) in [6.45, 7) is 2.01. The van der Waals surface area contributed by atoms with E-state index < -0.39 is 0 Å². The van der Waals surface area contributed by atoms with Gasteiger partial charge in [0.05, 0.1) is 18.4 Å². The molecule has 2 aromatic carbocycles. The second-order valence-electron chi connectivity index (χ2n) is 5.93. The summed E-state index contributed by atoms with van der Waals surface area (Å²) < 4.78 is 10.7. The predicted molar refractivity (Wildman–Crippen MR) is 107 cm³/mol. The molecule has 0 fully saturated rings. The lowest BCUT2D eigenvalue weighted by Crippen LogP contribution is -1.89. The van der Waals surface area contributed by atoms with Crippen molar-refractivity contribution in [2.24, 2.45) is 0 Å². The maximum absolute atomic E-state index is 6.09. The summed E-state index contributed by atoms with van der Waals surface area (Å²) >= 11 is 7.48. The Bertz CT molecular complexity index is 1110. The molecule has 4 aromatic rings. The molecule has 0 spiro atoms. The molecule has 28 heavy (non-hydrogen) atoms. The number of aromatic amines is 1. The summed E-state index contributed by atoms with van der Waals surface area (Å²) in [6.07, 6.45) is 0. The first-order chi connectivity index (χ1) is 13.6. The molecule has 4 rings (SSSR count). The van der Waals surface area contributed by atoms with E-state index in [-0.39, 0.29) is 0 Å². The first-order valence-corrected chi connectivity index (χ1v) is 9.78. The number of hydrogen-bond acceptors (Lipinski definition) is 7. The van der Waals surface area contributed by atoms with Crippen LogP contribution >= 0.6 is 23.4 Å². The van der Waals surface area contributed by atoms with Gasteiger partial charge >= 0.3 is 0 Å². The van der Waals surface area contributed by atoms with Crippen molar-refractivity contribution in [2.45, 2.75) is 17.8 Å². The molecular weight excluding hydrogens is 398 g/mol. The normalized spacial score (nSPS) is 11.0. The molecule has 2 heterocycles. The molecule has 2 aromatic heterocycles. The predicted octanol–water partition coefficient (Wildman–Crippen LogP) is 4.78. The number of nitrogens with one attached hydrogen (secondary N) is 1. The average Bonchev–Trinajstić information content (AvgIpc) is 3.36. The second kappa shape index (κ2) is 8.04. The van der Waals surface area contributed by atoms with E-state index in [1.54, 1.807) is 25.3 Å². The second-order valence-corrected chi connectivity index (χ2v) is 7.31. The van der Waals surface area contributed by atoms with Crippen LogP contribution in [0.5, 0.6) is 5.75 Å². The SMILES string of the molecule is COc1ccc(Cl)cc1-c1nc(SCc2nc(-c3ccccc3C)no2)n[nH]1. The number of aryl methyl sites for hydroxylation is 1. The molecule has 9 heteroatoms. The highest BCUT2D eigenvalue weighted by atomic mass is 35.5. The Balaban J connectivity index is 1.47. The fraction of sp³-hybridized carbons (Fsp3) is 0.158. The van der Waals surface area contributed by atoms with Crippen LogP contribution in [-0.4, -0.2) is 32.4 Å². The van der Waals surface area contributed by atoms with E-state index in [0.29, 0.717) is 39.2 Å². The van der Waals surface area contributed by atoms with Crippen LogP contribution < -0.4 is 4.74 Å². The Hall–Kier alpha value is -2.84. The number of ether oxygens (including phenoxy) is 1. The van der Waals surface area contributed by atoms with Crippen molar-refractivity contribution >= 4 is 23.4 Å². The largest absolute Gasteiger partial charge is 0.496 e. The summed E-state index contributed by atoms with van der Waals surface area (Å²) in [7, 11) is 1.60. The zero-order valence-corrected chi connectivity index (χ0v) is 16.7. The third-order valence-electron chi connectivity index (χ3n) is 4.06. The summed E-state index contributed by atoms with van der Waals surface area (Å²) in [6, 6.07) is 13.2. The maximum Gasteiger partial charge on any atom is 0.237 e. The summed E-state index contributed by atoms with van der Waals surface area (Å²) in [5, 5.41) is 12.4. The van der Waals surface area contributed by atoms with Gasteiger partial charge in [-0.1, -0.05) is 52.8 Å². The van der Waals surface area contributed by atoms with Crippen LogP contribution in [0.25, 0.3) is 22.8 Å². The quantitative estimate of drug-likeness (QED) is 0.454. The fourth-order valence-corrected chi connectivity index (χ4v) is 3.48. The van der Waals surface area contributed by atoms with E-state index in [1.165, 1.54) is 11.8 Å². The molecule has 0 aliphatic carbocycles. The van der Waals surface area contributed by atoms with Crippen LogP contribution in [0.2, 0.25) is 5.02 Å². The zero-order valence-electron chi connectivity index (χ0n) is 15.1. The lowest BCUT2D eigenvalue weighted by molar-refractivity contribution is 0.391. The van der Waals surface area contributed by atoms with Crippen LogP contribution in [0.4, 0.5) is 0 Å². The molecule has 0 aliphatic heterocycles. The van der Waals surface area contributed by atoms with Gasteiger partial charge in [0.2, 0.25) is 16.9 Å². The Morgan fingerprint density at radius 1 is 1.14 bits per heavy atom. The molecular formula is C19H16ClN5O2S. The number of hydrogen-bond donors (Lipinski definition) is 1. The van der Waals surface area contributed by atoms with Crippen molar-refractivity contribution in [3.8, 4) is 28.5 Å². The molecule has 1 N–H and O–H groups in total. The number of thioether (sulfide) groups is 1. The maximum atomic E-state index is 6.09. The fourth-order valence-electron chi connectivity index (χ4n) is 2.67. The van der Waals surface area contributed by atoms with Crippen molar-refractivity contribution in [3.63, 3.8) is 0 Å². The summed E-state index contributed by atoms with van der Waals surface area (Å²) in [4.78, 5) is 8.95. The number of nitrogens with zero attached hydrogens (tertiary/aromatic N) is 4. The van der Waals surface area contributed by atoms with Crippen LogP contribution in [-0.2, 0) is 5.75 Å². The first-order valence-electron chi connectivity index (χ1n) is 8.42. The van der Waals surface area contributed by atoms with Crippen molar-refractivity contribution in [2.75, 3.05) is 7.11 Å². The smallest absolute Gasteiger partial charge is 0.237 e. The van der Waals surface area contributed by atoms with Gasteiger partial charge in [-0.2, -0.15) is 4.98 Å². The van der Waals surface area contributed by atoms with Gasteiger partial charge in [-0.3, -0.25) is 5.10 Å². The van der Waals surface area contributed by atoms with Crippen molar-refractivity contribution in [1.82, 2.24) is 25.3 Å². The highest BCUT2D eigenvalue weighted by Gasteiger charge is 2.14. The summed E-state index contributed by atoms with van der Waals surface area (Å²) in [5.74, 6) is 2.79. The first kappa shape index (κ1) is 18.5. The lowest BCUT2D eigenvalue weighted by atomic mass is 10.1. The van der Waals surface area contributed by atoms with E-state index in [4.69, 9.17) is 20.9 Å². The van der Waals surface area contributed by atoms with E-state index in [1.807, 2.05) is 31.2 Å². The molecule has 0 unspecified atom stereocenters. The minimum absolute atomic E-state index is 0.461. The van der Waals surface area contributed by atoms with Gasteiger partial charge in [0.1, 0.15) is 5.75 Å². The van der Waals surface area contributed by atoms with Crippen molar-refractivity contribution in [3.05, 3.63) is 58.9 Å². The Morgan fingerprint density at radius 2 is 2.00 bits per heavy atom. The Kier molecular flexibility index (Phi) is 5.31. The number of methoxy groups -OCH3 is 1. The van der Waals surface area contributed by atoms with Crippen molar-refractivity contribution in [1.29, 1.82) is 0 Å². The molecule has 0 radical (unpaired) electrons. The van der Waals surface area contributed by atoms with Gasteiger partial charge in [0, 0.05) is 10.6 Å². The molecule has 0 atom stereocenters. The highest BCUT2D eigenvalue weighted by Crippen LogP contribution is 2.31. The van der Waals surface area contributed by atoms with Gasteiger partial charge in [0.25, 0.3) is 0 Å². The number of halogens is 1. The van der Waals surface area contributed by atoms with Crippen LogP contribution in [0.3, 0.4) is 0 Å². The number of benzene rings is 2. The van der Waals surface area contributed by atoms with Gasteiger partial charge in [0.15, 0.2) is 5.82 Å². The van der Waals surface area contributed by atoms with E-state index in [0.717, 1.165) is 16.7 Å². The Morgan fingerprint density at radius 3 is 2.82 bits per heavy atom. The van der Waals surface area contributed by atoms with E-state index in [9.17, 15) is 0 Å². The molecule has 0 amide bonds. The minimum Gasteiger partial charge on any atom is -0.496 e. The topological polar surface area (TPSA) is 89.7 Å². The van der Waals surface area contributed by atoms with Gasteiger partial charge in [-0.05, 0) is 30.7 Å². The molecule has 7 nitrogen and oxygen atoms in total. The van der Waals surface area contributed by atoms with Gasteiger partial charge in [-0.15, -0.1) is 5.10 Å². The van der Waals surface area contributed by atoms with Crippen LogP contribution in [0.15, 0.2) is 52.1 Å². The van der Waals surface area contributed by atoms with E-state index >= 15 is 0 Å². The highest BCUT2D eigenvalue weighted by molar-refractivity contribution is 7.98. The van der Waals surface area contributed by atoms with Gasteiger partial charge in [-0.25, -0.2) is 4.98 Å². The Labute approximate surface area is 170 Å². The monoisotopic (exact) mass is 413 g/mol. The number of H-pyrrole nitrogens is 1. The molecule has 0 aliphatic rings. The average molecular weight is 414 g/mol. The molecule has 0 saturated carbocycles. The lowest BCUT2D eigenvalue weighted by Gasteiger charge is -2.05. The standard InChI is InChI=1S/C19H16ClN5O2S/c1-11-5-3-4-6-13(11)18-21-16(27-25-18)10-28-19-22-17(23-24-19)14-9-12(20)7-8-15(14)26-2/h3-9H,10H2,1-2H3,(H,22,23,24). The van der Waals surface area contributed by atoms with Crippen molar-refractivity contribution < 1.29 is 9.26 Å². The molecule has 142 valence electrons. The third kappa shape index (κ3) is 3.88. The minimum atomic E-state index is 0.461. The third-order valence-corrected chi connectivity index (χ3v) is 5.13. The van der Waals surface area contributed by atoms with Crippen LogP contribution in [0, 0.1) is 6.92 Å². The molecule has 0 bridgehead atoms.